The van der Waals surface area contributed by atoms with Crippen molar-refractivity contribution in [1.82, 2.24) is 25.3 Å². The summed E-state index contributed by atoms with van der Waals surface area (Å²) in [6, 6.07) is 22.0. The molecule has 0 spiro atoms. The zero-order chi connectivity index (χ0) is 20.6. The molecule has 0 saturated heterocycles. The third kappa shape index (κ3) is 4.99. The molecule has 0 radical (unpaired) electrons. The molecule has 2 N–H and O–H groups in total. The van der Waals surface area contributed by atoms with E-state index in [0.717, 1.165) is 5.75 Å². The van der Waals surface area contributed by atoms with Gasteiger partial charge >= 0.3 is 0 Å². The Morgan fingerprint density at radius 2 is 1.67 bits per heavy atom. The van der Waals surface area contributed by atoms with E-state index < -0.39 is 0 Å². The molecule has 4 aromatic rings. The quantitative estimate of drug-likeness (QED) is 0.441. The number of hydrogen-bond donors (Lipinski definition) is 2. The number of anilines is 1. The Morgan fingerprint density at radius 1 is 0.867 bits per heavy atom. The maximum atomic E-state index is 12.3. The molecule has 4 rings (SSSR count). The standard InChI is InChI=1S/C22H20N6O2/c29-22(17-7-9-19(10-8-17)30-18-5-2-1-3-6-18)24-15-14-23-20-11-12-21(27-26-20)28-16-4-13-25-28/h1-13,16H,14-15H2,(H,23,26)(H,24,29). The number of nitrogens with zero attached hydrogens (tertiary/aromatic N) is 4. The monoisotopic (exact) mass is 400 g/mol. The fourth-order valence-electron chi connectivity index (χ4n) is 2.71. The highest BCUT2D eigenvalue weighted by Gasteiger charge is 2.06. The lowest BCUT2D eigenvalue weighted by Crippen LogP contribution is -2.28. The van der Waals surface area contributed by atoms with Crippen LogP contribution in [0.4, 0.5) is 5.82 Å². The van der Waals surface area contributed by atoms with Gasteiger partial charge in [-0.25, -0.2) is 4.68 Å². The Hall–Kier alpha value is -4.20. The first-order chi connectivity index (χ1) is 14.8. The van der Waals surface area contributed by atoms with Gasteiger partial charge in [0.15, 0.2) is 5.82 Å². The van der Waals surface area contributed by atoms with Crippen LogP contribution in [0, 0.1) is 0 Å². The summed E-state index contributed by atoms with van der Waals surface area (Å²) < 4.78 is 7.36. The molecule has 0 aliphatic rings. The van der Waals surface area contributed by atoms with Crippen molar-refractivity contribution in [3.63, 3.8) is 0 Å². The van der Waals surface area contributed by atoms with Crippen LogP contribution in [0.2, 0.25) is 0 Å². The first-order valence-electron chi connectivity index (χ1n) is 9.47. The molecule has 1 amide bonds. The molecule has 8 nitrogen and oxygen atoms in total. The predicted octanol–water partition coefficient (Wildman–Crippen LogP) is 3.30. The highest BCUT2D eigenvalue weighted by atomic mass is 16.5. The molecule has 2 aromatic heterocycles. The summed E-state index contributed by atoms with van der Waals surface area (Å²) in [5.41, 5.74) is 0.568. The first kappa shape index (κ1) is 19.1. The van der Waals surface area contributed by atoms with Crippen LogP contribution in [0.25, 0.3) is 5.82 Å². The lowest BCUT2D eigenvalue weighted by atomic mass is 10.2. The molecule has 2 heterocycles. The van der Waals surface area contributed by atoms with E-state index in [1.165, 1.54) is 0 Å². The minimum Gasteiger partial charge on any atom is -0.457 e. The van der Waals surface area contributed by atoms with E-state index in [4.69, 9.17) is 4.74 Å². The van der Waals surface area contributed by atoms with E-state index in [0.29, 0.717) is 36.0 Å². The summed E-state index contributed by atoms with van der Waals surface area (Å²) in [5, 5.41) is 18.3. The normalized spacial score (nSPS) is 10.4. The van der Waals surface area contributed by atoms with E-state index >= 15 is 0 Å². The molecule has 8 heteroatoms. The number of amides is 1. The molecule has 150 valence electrons. The summed E-state index contributed by atoms with van der Waals surface area (Å²) in [7, 11) is 0. The van der Waals surface area contributed by atoms with Crippen molar-refractivity contribution in [2.24, 2.45) is 0 Å². The van der Waals surface area contributed by atoms with Crippen molar-refractivity contribution >= 4 is 11.7 Å². The maximum absolute atomic E-state index is 12.3. The summed E-state index contributed by atoms with van der Waals surface area (Å²) in [5.74, 6) is 2.54. The zero-order valence-electron chi connectivity index (χ0n) is 16.1. The number of nitrogens with one attached hydrogen (secondary N) is 2. The fraction of sp³-hybridized carbons (Fsp3) is 0.0909. The second kappa shape index (κ2) is 9.33. The highest BCUT2D eigenvalue weighted by molar-refractivity contribution is 5.94. The number of benzene rings is 2. The molecular formula is C22H20N6O2. The van der Waals surface area contributed by atoms with Gasteiger partial charge in [0, 0.05) is 31.0 Å². The molecule has 2 aromatic carbocycles. The Labute approximate surface area is 173 Å². The van der Waals surface area contributed by atoms with Gasteiger partial charge in [-0.05, 0) is 54.6 Å². The zero-order valence-corrected chi connectivity index (χ0v) is 16.1. The molecule has 0 saturated carbocycles. The second-order valence-corrected chi connectivity index (χ2v) is 6.35. The molecule has 0 atom stereocenters. The second-order valence-electron chi connectivity index (χ2n) is 6.35. The minimum absolute atomic E-state index is 0.150. The van der Waals surface area contributed by atoms with Crippen LogP contribution in [0.5, 0.6) is 11.5 Å². The van der Waals surface area contributed by atoms with Gasteiger partial charge in [0.25, 0.3) is 5.91 Å². The van der Waals surface area contributed by atoms with Gasteiger partial charge in [0.1, 0.15) is 17.3 Å². The molecule has 30 heavy (non-hydrogen) atoms. The van der Waals surface area contributed by atoms with Crippen molar-refractivity contribution in [3.8, 4) is 17.3 Å². The van der Waals surface area contributed by atoms with Gasteiger partial charge in [-0.3, -0.25) is 4.79 Å². The third-order valence-corrected chi connectivity index (χ3v) is 4.20. The van der Waals surface area contributed by atoms with Crippen LogP contribution in [-0.4, -0.2) is 39.0 Å². The van der Waals surface area contributed by atoms with E-state index in [-0.39, 0.29) is 5.91 Å². The Balaban J connectivity index is 1.22. The number of carbonyl (C=O) groups is 1. The van der Waals surface area contributed by atoms with Crippen molar-refractivity contribution in [2.75, 3.05) is 18.4 Å². The van der Waals surface area contributed by atoms with Crippen molar-refractivity contribution in [1.29, 1.82) is 0 Å². The molecular weight excluding hydrogens is 380 g/mol. The van der Waals surface area contributed by atoms with Crippen LogP contribution < -0.4 is 15.4 Å². The highest BCUT2D eigenvalue weighted by Crippen LogP contribution is 2.21. The topological polar surface area (TPSA) is 94.0 Å². The first-order valence-corrected chi connectivity index (χ1v) is 9.47. The molecule has 0 aliphatic carbocycles. The predicted molar refractivity (Wildman–Crippen MR) is 113 cm³/mol. The van der Waals surface area contributed by atoms with E-state index in [1.54, 1.807) is 41.3 Å². The fourth-order valence-corrected chi connectivity index (χ4v) is 2.71. The van der Waals surface area contributed by atoms with Gasteiger partial charge in [0.05, 0.1) is 0 Å². The largest absolute Gasteiger partial charge is 0.457 e. The van der Waals surface area contributed by atoms with E-state index in [2.05, 4.69) is 25.9 Å². The minimum atomic E-state index is -0.150. The summed E-state index contributed by atoms with van der Waals surface area (Å²) in [6.07, 6.45) is 3.48. The van der Waals surface area contributed by atoms with Crippen LogP contribution in [0.3, 0.4) is 0 Å². The average molecular weight is 400 g/mol. The summed E-state index contributed by atoms with van der Waals surface area (Å²) in [6.45, 7) is 0.973. The lowest BCUT2D eigenvalue weighted by molar-refractivity contribution is 0.0955. The lowest BCUT2D eigenvalue weighted by Gasteiger charge is -2.09. The Kier molecular flexibility index (Phi) is 5.95. The van der Waals surface area contributed by atoms with Gasteiger partial charge in [-0.15, -0.1) is 10.2 Å². The Bertz CT molecular complexity index is 1070. The summed E-state index contributed by atoms with van der Waals surface area (Å²) >= 11 is 0. The maximum Gasteiger partial charge on any atom is 0.251 e. The van der Waals surface area contributed by atoms with Gasteiger partial charge < -0.3 is 15.4 Å². The van der Waals surface area contributed by atoms with Crippen LogP contribution in [0.15, 0.2) is 85.2 Å². The van der Waals surface area contributed by atoms with Crippen molar-refractivity contribution in [3.05, 3.63) is 90.8 Å². The number of carbonyl (C=O) groups excluding carboxylic acids is 1. The number of aromatic nitrogens is 4. The smallest absolute Gasteiger partial charge is 0.251 e. The SMILES string of the molecule is O=C(NCCNc1ccc(-n2cccn2)nn1)c1ccc(Oc2ccccc2)cc1. The molecule has 0 aliphatic heterocycles. The van der Waals surface area contributed by atoms with E-state index in [1.807, 2.05) is 48.5 Å². The number of rotatable bonds is 8. The molecule has 0 fully saturated rings. The van der Waals surface area contributed by atoms with Crippen LogP contribution in [-0.2, 0) is 0 Å². The third-order valence-electron chi connectivity index (χ3n) is 4.20. The number of para-hydroxylation sites is 1. The molecule has 0 bridgehead atoms. The van der Waals surface area contributed by atoms with Gasteiger partial charge in [-0.2, -0.15) is 5.10 Å². The van der Waals surface area contributed by atoms with Crippen molar-refractivity contribution in [2.45, 2.75) is 0 Å². The van der Waals surface area contributed by atoms with Gasteiger partial charge in [0.2, 0.25) is 0 Å². The average Bonchev–Trinajstić information content (AvgIpc) is 3.33. The van der Waals surface area contributed by atoms with E-state index in [9.17, 15) is 4.79 Å². The van der Waals surface area contributed by atoms with Crippen LogP contribution in [0.1, 0.15) is 10.4 Å². The Morgan fingerprint density at radius 3 is 2.37 bits per heavy atom. The number of hydrogen-bond acceptors (Lipinski definition) is 6. The molecule has 0 unspecified atom stereocenters. The van der Waals surface area contributed by atoms with Gasteiger partial charge in [-0.1, -0.05) is 18.2 Å². The van der Waals surface area contributed by atoms with Crippen LogP contribution >= 0.6 is 0 Å². The van der Waals surface area contributed by atoms with Crippen molar-refractivity contribution < 1.29 is 9.53 Å². The summed E-state index contributed by atoms with van der Waals surface area (Å²) in [4.78, 5) is 12.3. The number of ether oxygens (including phenoxy) is 1.